The van der Waals surface area contributed by atoms with Crippen molar-refractivity contribution in [3.63, 3.8) is 0 Å². The molecule has 2 aromatic carbocycles. The third kappa shape index (κ3) is 2.37. The summed E-state index contributed by atoms with van der Waals surface area (Å²) in [5.74, 6) is 0.548. The molecular formula is C21H18N2O2. The van der Waals surface area contributed by atoms with Crippen LogP contribution in [0.2, 0.25) is 0 Å². The van der Waals surface area contributed by atoms with Gasteiger partial charge >= 0.3 is 0 Å². The Morgan fingerprint density at radius 3 is 2.56 bits per heavy atom. The summed E-state index contributed by atoms with van der Waals surface area (Å²) < 4.78 is 6.08. The molecule has 0 spiro atoms. The average molecular weight is 330 g/mol. The van der Waals surface area contributed by atoms with Gasteiger partial charge in [-0.25, -0.2) is 4.98 Å². The van der Waals surface area contributed by atoms with Crippen LogP contribution in [-0.4, -0.2) is 18.1 Å². The molecule has 4 heteroatoms. The first-order chi connectivity index (χ1) is 12.3. The summed E-state index contributed by atoms with van der Waals surface area (Å²) in [5.41, 5.74) is 3.43. The van der Waals surface area contributed by atoms with Crippen LogP contribution in [0.1, 0.15) is 19.3 Å². The Morgan fingerprint density at radius 2 is 1.72 bits per heavy atom. The lowest BCUT2D eigenvalue weighted by Crippen LogP contribution is -2.29. The number of rotatable bonds is 1. The molecule has 25 heavy (non-hydrogen) atoms. The van der Waals surface area contributed by atoms with Crippen molar-refractivity contribution >= 4 is 27.6 Å². The van der Waals surface area contributed by atoms with Gasteiger partial charge in [0.2, 0.25) is 0 Å². The molecule has 3 aliphatic rings. The van der Waals surface area contributed by atoms with Crippen LogP contribution in [-0.2, 0) is 0 Å². The number of hydrogen-bond acceptors (Lipinski definition) is 4. The molecule has 1 fully saturated rings. The average Bonchev–Trinajstić information content (AvgIpc) is 2.67. The number of benzene rings is 3. The third-order valence-corrected chi connectivity index (χ3v) is 5.06. The Kier molecular flexibility index (Phi) is 3.23. The first kappa shape index (κ1) is 14.5. The molecule has 0 aromatic heterocycles. The Morgan fingerprint density at radius 1 is 0.920 bits per heavy atom. The van der Waals surface area contributed by atoms with Gasteiger partial charge in [-0.15, -0.1) is 0 Å². The number of nitrogens with zero attached hydrogens (tertiary/aromatic N) is 2. The van der Waals surface area contributed by atoms with E-state index in [0.717, 1.165) is 35.3 Å². The topological polar surface area (TPSA) is 46.3 Å². The lowest BCUT2D eigenvalue weighted by atomic mass is 10.0. The highest BCUT2D eigenvalue weighted by Gasteiger charge is 2.17. The molecule has 0 unspecified atom stereocenters. The summed E-state index contributed by atoms with van der Waals surface area (Å²) >= 11 is 0. The van der Waals surface area contributed by atoms with Crippen LogP contribution in [0.5, 0.6) is 0 Å². The van der Waals surface area contributed by atoms with E-state index >= 15 is 0 Å². The molecule has 124 valence electrons. The molecule has 0 saturated carbocycles. The summed E-state index contributed by atoms with van der Waals surface area (Å²) in [5, 5.41) is 1.53. The molecule has 1 saturated heterocycles. The van der Waals surface area contributed by atoms with E-state index in [-0.39, 0.29) is 5.43 Å². The van der Waals surface area contributed by atoms with E-state index < -0.39 is 0 Å². The minimum Gasteiger partial charge on any atom is -0.453 e. The van der Waals surface area contributed by atoms with Crippen LogP contribution >= 0.6 is 0 Å². The zero-order valence-corrected chi connectivity index (χ0v) is 13.9. The van der Waals surface area contributed by atoms with E-state index in [1.807, 2.05) is 36.4 Å². The minimum absolute atomic E-state index is 0.0276. The van der Waals surface area contributed by atoms with E-state index in [2.05, 4.69) is 11.0 Å². The second-order valence-corrected chi connectivity index (χ2v) is 6.68. The molecule has 0 radical (unpaired) electrons. The van der Waals surface area contributed by atoms with Gasteiger partial charge in [0.25, 0.3) is 0 Å². The van der Waals surface area contributed by atoms with Crippen molar-refractivity contribution < 1.29 is 4.42 Å². The summed E-state index contributed by atoms with van der Waals surface area (Å²) in [6, 6.07) is 15.3. The largest absolute Gasteiger partial charge is 0.453 e. The standard InChI is InChI=1S/C21H18N2O2/c24-18-13-20-21(16-7-3-2-6-15(16)18)22-17-9-8-14(12-19(17)25-20)23-10-4-1-5-11-23/h2-3,6-9,12-13H,1,4-5,10-11H2. The van der Waals surface area contributed by atoms with Gasteiger partial charge in [-0.05, 0) is 31.4 Å². The SMILES string of the molecule is O=c1cc2oc3cc(N4CCCCC4)ccc3nc-2c2ccccc12. The summed E-state index contributed by atoms with van der Waals surface area (Å²) in [6.07, 6.45) is 3.77. The van der Waals surface area contributed by atoms with Crippen molar-refractivity contribution in [3.05, 3.63) is 58.8 Å². The van der Waals surface area contributed by atoms with Gasteiger partial charge in [0.05, 0.1) is 0 Å². The van der Waals surface area contributed by atoms with E-state index in [0.29, 0.717) is 11.1 Å². The highest BCUT2D eigenvalue weighted by molar-refractivity contribution is 5.96. The summed E-state index contributed by atoms with van der Waals surface area (Å²) in [7, 11) is 0. The Hall–Kier alpha value is -2.88. The second kappa shape index (κ2) is 5.59. The van der Waals surface area contributed by atoms with Crippen LogP contribution in [0.15, 0.2) is 57.7 Å². The quantitative estimate of drug-likeness (QED) is 0.382. The number of fused-ring (bicyclic) bond motifs is 4. The van der Waals surface area contributed by atoms with Gasteiger partial charge in [0, 0.05) is 41.7 Å². The smallest absolute Gasteiger partial charge is 0.190 e. The summed E-state index contributed by atoms with van der Waals surface area (Å²) in [4.78, 5) is 19.5. The predicted octanol–water partition coefficient (Wildman–Crippen LogP) is 4.44. The van der Waals surface area contributed by atoms with Gasteiger partial charge in [0.15, 0.2) is 16.8 Å². The van der Waals surface area contributed by atoms with E-state index in [9.17, 15) is 4.79 Å². The number of hydrogen-bond donors (Lipinski definition) is 0. The van der Waals surface area contributed by atoms with Gasteiger partial charge < -0.3 is 9.32 Å². The zero-order chi connectivity index (χ0) is 16.8. The molecule has 0 bridgehead atoms. The first-order valence-electron chi connectivity index (χ1n) is 8.81. The van der Waals surface area contributed by atoms with E-state index in [4.69, 9.17) is 9.40 Å². The van der Waals surface area contributed by atoms with Crippen LogP contribution in [0, 0.1) is 0 Å². The summed E-state index contributed by atoms with van der Waals surface area (Å²) in [6.45, 7) is 2.17. The predicted molar refractivity (Wildman–Crippen MR) is 100 cm³/mol. The monoisotopic (exact) mass is 330 g/mol. The van der Waals surface area contributed by atoms with Crippen LogP contribution in [0.3, 0.4) is 0 Å². The van der Waals surface area contributed by atoms with Crippen molar-refractivity contribution in [3.8, 4) is 11.5 Å². The molecule has 2 heterocycles. The maximum absolute atomic E-state index is 12.3. The molecule has 4 nitrogen and oxygen atoms in total. The van der Waals surface area contributed by atoms with E-state index in [1.165, 1.54) is 24.9 Å². The molecule has 0 atom stereocenters. The molecule has 0 amide bonds. The van der Waals surface area contributed by atoms with Crippen molar-refractivity contribution in [2.45, 2.75) is 19.3 Å². The van der Waals surface area contributed by atoms with Crippen molar-refractivity contribution in [2.75, 3.05) is 18.0 Å². The second-order valence-electron chi connectivity index (χ2n) is 6.68. The normalized spacial score (nSPS) is 15.3. The van der Waals surface area contributed by atoms with Crippen LogP contribution < -0.4 is 10.3 Å². The minimum atomic E-state index is -0.0276. The fraction of sp³-hybridized carbons (Fsp3) is 0.238. The fourth-order valence-electron chi connectivity index (χ4n) is 3.76. The van der Waals surface area contributed by atoms with Crippen LogP contribution in [0.4, 0.5) is 5.69 Å². The van der Waals surface area contributed by atoms with Gasteiger partial charge in [-0.1, -0.05) is 24.3 Å². The van der Waals surface area contributed by atoms with Gasteiger partial charge in [-0.2, -0.15) is 0 Å². The van der Waals surface area contributed by atoms with Crippen molar-refractivity contribution in [1.82, 2.24) is 4.98 Å². The van der Waals surface area contributed by atoms with Gasteiger partial charge in [-0.3, -0.25) is 4.79 Å². The van der Waals surface area contributed by atoms with Crippen LogP contribution in [0.25, 0.3) is 33.3 Å². The Balaban J connectivity index is 1.73. The number of anilines is 1. The molecule has 2 aliphatic heterocycles. The maximum Gasteiger partial charge on any atom is 0.190 e. The maximum atomic E-state index is 12.3. The highest BCUT2D eigenvalue weighted by atomic mass is 16.3. The molecule has 0 N–H and O–H groups in total. The Labute approximate surface area is 145 Å². The lowest BCUT2D eigenvalue weighted by Gasteiger charge is -2.28. The van der Waals surface area contributed by atoms with Gasteiger partial charge in [0.1, 0.15) is 11.2 Å². The number of aromatic nitrogens is 1. The molecule has 1 aliphatic carbocycles. The lowest BCUT2D eigenvalue weighted by molar-refractivity contribution is 0.576. The third-order valence-electron chi connectivity index (χ3n) is 5.06. The highest BCUT2D eigenvalue weighted by Crippen LogP contribution is 2.32. The van der Waals surface area contributed by atoms with Crippen molar-refractivity contribution in [1.29, 1.82) is 0 Å². The molecular weight excluding hydrogens is 312 g/mol. The number of piperidine rings is 1. The molecule has 2 aromatic rings. The van der Waals surface area contributed by atoms with Crippen molar-refractivity contribution in [2.24, 2.45) is 0 Å². The Bertz CT molecular complexity index is 1110. The fourth-order valence-corrected chi connectivity index (χ4v) is 3.76. The zero-order valence-electron chi connectivity index (χ0n) is 13.9. The van der Waals surface area contributed by atoms with E-state index in [1.54, 1.807) is 6.07 Å². The first-order valence-corrected chi connectivity index (χ1v) is 8.81. The molecule has 5 rings (SSSR count).